The summed E-state index contributed by atoms with van der Waals surface area (Å²) in [6.45, 7) is 0.977. The number of nitrogens with two attached hydrogens (primary N) is 1. The Balaban J connectivity index is 1.93. The smallest absolute Gasteiger partial charge is 0.293 e. The largest absolute Gasteiger partial charge is 0.452 e. The van der Waals surface area contributed by atoms with E-state index in [1.807, 2.05) is 0 Å². The molecular formula is C12H23BN2OS. The zero-order valence-corrected chi connectivity index (χ0v) is 11.3. The molecule has 1 saturated heterocycles. The van der Waals surface area contributed by atoms with Crippen LogP contribution in [0.5, 0.6) is 0 Å². The van der Waals surface area contributed by atoms with Crippen LogP contribution in [0.15, 0.2) is 0 Å². The standard InChI is InChI=1S/C12H23BN2OS/c14-11(9-5-2-1-3-6-9)12(17)15-8-4-7-10(15)13-16/h9-11,13,16H,1-8,14H2. The van der Waals surface area contributed by atoms with Crippen LogP contribution in [-0.2, 0) is 0 Å². The first-order chi connectivity index (χ1) is 8.24. The Kier molecular flexibility index (Phi) is 4.82. The Bertz CT molecular complexity index is 271. The van der Waals surface area contributed by atoms with Gasteiger partial charge in [-0.05, 0) is 31.6 Å². The molecule has 0 aromatic carbocycles. The molecule has 17 heavy (non-hydrogen) atoms. The van der Waals surface area contributed by atoms with Crippen molar-refractivity contribution in [3.63, 3.8) is 0 Å². The van der Waals surface area contributed by atoms with E-state index < -0.39 is 0 Å². The van der Waals surface area contributed by atoms with E-state index in [2.05, 4.69) is 4.90 Å². The van der Waals surface area contributed by atoms with Gasteiger partial charge >= 0.3 is 0 Å². The van der Waals surface area contributed by atoms with E-state index >= 15 is 0 Å². The second-order valence-corrected chi connectivity index (χ2v) is 5.85. The maximum absolute atomic E-state index is 9.34. The van der Waals surface area contributed by atoms with Crippen molar-refractivity contribution in [2.24, 2.45) is 11.7 Å². The Morgan fingerprint density at radius 2 is 1.94 bits per heavy atom. The number of likely N-dealkylation sites (tertiary alicyclic amines) is 1. The Labute approximate surface area is 110 Å². The van der Waals surface area contributed by atoms with E-state index in [1.165, 1.54) is 32.1 Å². The minimum atomic E-state index is 0.0254. The summed E-state index contributed by atoms with van der Waals surface area (Å²) in [5, 5.41) is 9.34. The highest BCUT2D eigenvalue weighted by Crippen LogP contribution is 2.28. The van der Waals surface area contributed by atoms with Gasteiger partial charge in [-0.15, -0.1) is 0 Å². The first-order valence-electron chi connectivity index (χ1n) is 6.91. The molecule has 2 unspecified atom stereocenters. The van der Waals surface area contributed by atoms with Crippen LogP contribution in [0.2, 0.25) is 0 Å². The van der Waals surface area contributed by atoms with E-state index in [4.69, 9.17) is 18.0 Å². The van der Waals surface area contributed by atoms with Gasteiger partial charge in [0.15, 0.2) is 0 Å². The lowest BCUT2D eigenvalue weighted by Gasteiger charge is -2.34. The molecule has 5 heteroatoms. The fourth-order valence-electron chi connectivity index (χ4n) is 3.20. The SMILES string of the molecule is NC(C(=S)N1CCCC1BO)C1CCCCC1. The normalized spacial score (nSPS) is 28.1. The van der Waals surface area contributed by atoms with Gasteiger partial charge in [-0.1, -0.05) is 31.5 Å². The third-order valence-corrected chi connectivity index (χ3v) is 4.82. The molecule has 2 atom stereocenters. The van der Waals surface area contributed by atoms with Crippen LogP contribution in [0.4, 0.5) is 0 Å². The molecule has 3 nitrogen and oxygen atoms in total. The van der Waals surface area contributed by atoms with Gasteiger partial charge in [0.1, 0.15) is 0 Å². The summed E-state index contributed by atoms with van der Waals surface area (Å²) in [4.78, 5) is 3.07. The van der Waals surface area contributed by atoms with Gasteiger partial charge in [-0.2, -0.15) is 0 Å². The van der Waals surface area contributed by atoms with Crippen LogP contribution >= 0.6 is 12.2 Å². The Morgan fingerprint density at radius 1 is 1.24 bits per heavy atom. The number of thiocarbonyl (C=S) groups is 1. The highest BCUT2D eigenvalue weighted by atomic mass is 32.1. The van der Waals surface area contributed by atoms with Crippen LogP contribution in [0.25, 0.3) is 0 Å². The van der Waals surface area contributed by atoms with E-state index in [0.717, 1.165) is 24.4 Å². The maximum atomic E-state index is 9.34. The lowest BCUT2D eigenvalue weighted by Crippen LogP contribution is -2.50. The predicted molar refractivity (Wildman–Crippen MR) is 76.2 cm³/mol. The van der Waals surface area contributed by atoms with Crippen molar-refractivity contribution >= 4 is 24.7 Å². The average molecular weight is 254 g/mol. The monoisotopic (exact) mass is 254 g/mol. The van der Waals surface area contributed by atoms with Crippen molar-refractivity contribution < 1.29 is 5.02 Å². The fourth-order valence-corrected chi connectivity index (χ4v) is 3.63. The van der Waals surface area contributed by atoms with E-state index in [1.54, 1.807) is 0 Å². The fraction of sp³-hybridized carbons (Fsp3) is 0.917. The lowest BCUT2D eigenvalue weighted by atomic mass is 9.82. The summed E-state index contributed by atoms with van der Waals surface area (Å²) in [7, 11) is 0.206. The van der Waals surface area contributed by atoms with Crippen molar-refractivity contribution in [2.45, 2.75) is 56.9 Å². The first-order valence-corrected chi connectivity index (χ1v) is 7.31. The molecule has 1 aliphatic heterocycles. The second-order valence-electron chi connectivity index (χ2n) is 5.43. The second kappa shape index (κ2) is 6.16. The molecule has 1 saturated carbocycles. The highest BCUT2D eigenvalue weighted by molar-refractivity contribution is 7.80. The summed E-state index contributed by atoms with van der Waals surface area (Å²) in [6, 6.07) is 0.0254. The van der Waals surface area contributed by atoms with E-state index in [-0.39, 0.29) is 19.5 Å². The van der Waals surface area contributed by atoms with Gasteiger partial charge in [0, 0.05) is 12.5 Å². The molecule has 0 radical (unpaired) electrons. The van der Waals surface area contributed by atoms with Crippen LogP contribution in [0.3, 0.4) is 0 Å². The summed E-state index contributed by atoms with van der Waals surface area (Å²) < 4.78 is 0. The zero-order valence-electron chi connectivity index (χ0n) is 10.5. The van der Waals surface area contributed by atoms with E-state index in [9.17, 15) is 5.02 Å². The summed E-state index contributed by atoms with van der Waals surface area (Å²) in [6.07, 6.45) is 8.56. The van der Waals surface area contributed by atoms with Crippen LogP contribution in [-0.4, -0.2) is 40.9 Å². The van der Waals surface area contributed by atoms with Crippen molar-refractivity contribution in [3.8, 4) is 0 Å². The van der Waals surface area contributed by atoms with Crippen molar-refractivity contribution in [2.75, 3.05) is 6.54 Å². The molecular weight excluding hydrogens is 231 g/mol. The molecule has 0 spiro atoms. The molecule has 1 heterocycles. The first kappa shape index (κ1) is 13.3. The third kappa shape index (κ3) is 3.01. The zero-order chi connectivity index (χ0) is 12.3. The Hall–Kier alpha value is -0.125. The average Bonchev–Trinajstić information content (AvgIpc) is 2.86. The number of nitrogens with zero attached hydrogens (tertiary/aromatic N) is 1. The summed E-state index contributed by atoms with van der Waals surface area (Å²) in [5.41, 5.74) is 6.32. The van der Waals surface area contributed by atoms with Gasteiger partial charge in [-0.3, -0.25) is 0 Å². The number of rotatable bonds is 3. The number of hydrogen-bond acceptors (Lipinski definition) is 3. The quantitative estimate of drug-likeness (QED) is 0.582. The van der Waals surface area contributed by atoms with Gasteiger partial charge in [0.2, 0.25) is 0 Å². The summed E-state index contributed by atoms with van der Waals surface area (Å²) in [5.74, 6) is 0.785. The van der Waals surface area contributed by atoms with Crippen molar-refractivity contribution in [1.29, 1.82) is 0 Å². The van der Waals surface area contributed by atoms with Crippen molar-refractivity contribution in [1.82, 2.24) is 4.90 Å². The predicted octanol–water partition coefficient (Wildman–Crippen LogP) is 0.987. The molecule has 2 fully saturated rings. The molecule has 0 aromatic rings. The molecule has 2 aliphatic rings. The van der Waals surface area contributed by atoms with Crippen LogP contribution in [0, 0.1) is 5.92 Å². The third-order valence-electron chi connectivity index (χ3n) is 4.31. The minimum Gasteiger partial charge on any atom is -0.452 e. The lowest BCUT2D eigenvalue weighted by molar-refractivity contribution is 0.325. The maximum Gasteiger partial charge on any atom is 0.293 e. The summed E-state index contributed by atoms with van der Waals surface area (Å²) >= 11 is 5.55. The molecule has 0 amide bonds. The molecule has 96 valence electrons. The molecule has 1 aliphatic carbocycles. The van der Waals surface area contributed by atoms with Crippen LogP contribution < -0.4 is 5.73 Å². The van der Waals surface area contributed by atoms with Gasteiger partial charge in [0.05, 0.1) is 11.0 Å². The van der Waals surface area contributed by atoms with Gasteiger partial charge in [-0.25, -0.2) is 0 Å². The molecule has 0 aromatic heterocycles. The van der Waals surface area contributed by atoms with Crippen LogP contribution in [0.1, 0.15) is 44.9 Å². The van der Waals surface area contributed by atoms with Crippen molar-refractivity contribution in [3.05, 3.63) is 0 Å². The minimum absolute atomic E-state index is 0.0254. The highest BCUT2D eigenvalue weighted by Gasteiger charge is 2.32. The topological polar surface area (TPSA) is 49.5 Å². The molecule has 3 N–H and O–H groups in total. The Morgan fingerprint density at radius 3 is 2.59 bits per heavy atom. The van der Waals surface area contributed by atoms with Gasteiger partial charge in [0.25, 0.3) is 7.48 Å². The van der Waals surface area contributed by atoms with E-state index in [0.29, 0.717) is 5.92 Å². The molecule has 0 bridgehead atoms. The number of hydrogen-bond donors (Lipinski definition) is 2. The molecule has 2 rings (SSSR count). The van der Waals surface area contributed by atoms with Gasteiger partial charge < -0.3 is 15.7 Å².